The van der Waals surface area contributed by atoms with Crippen molar-refractivity contribution in [2.75, 3.05) is 27.3 Å². The Labute approximate surface area is 121 Å². The zero-order valence-corrected chi connectivity index (χ0v) is 13.4. The minimum absolute atomic E-state index is 0.230. The number of aliphatic imine (C=N–C) groups is 1. The topological polar surface area (TPSA) is 63.5 Å². The van der Waals surface area contributed by atoms with E-state index >= 15 is 0 Å². The lowest BCUT2D eigenvalue weighted by Crippen LogP contribution is -2.44. The third-order valence-electron chi connectivity index (χ3n) is 3.35. The fourth-order valence-electron chi connectivity index (χ4n) is 2.20. The second-order valence-electron chi connectivity index (χ2n) is 5.02. The Bertz CT molecular complexity index is 453. The summed E-state index contributed by atoms with van der Waals surface area (Å²) in [7, 11) is 5.45. The number of nitrogens with zero attached hydrogens (tertiary/aromatic N) is 3. The summed E-state index contributed by atoms with van der Waals surface area (Å²) < 4.78 is 7.03. The maximum atomic E-state index is 5.10. The van der Waals surface area contributed by atoms with Crippen LogP contribution in [0.1, 0.15) is 23.9 Å². The Morgan fingerprint density at radius 2 is 2.15 bits per heavy atom. The zero-order valence-electron chi connectivity index (χ0n) is 13.4. The van der Waals surface area contributed by atoms with Crippen molar-refractivity contribution in [1.82, 2.24) is 20.4 Å². The molecule has 2 N–H and O–H groups in total. The van der Waals surface area contributed by atoms with Crippen molar-refractivity contribution >= 4 is 5.96 Å². The fraction of sp³-hybridized carbons (Fsp3) is 0.714. The molecule has 0 aliphatic heterocycles. The molecule has 0 spiro atoms. The highest BCUT2D eigenvalue weighted by Crippen LogP contribution is 2.11. The van der Waals surface area contributed by atoms with Crippen LogP contribution in [-0.2, 0) is 18.2 Å². The maximum absolute atomic E-state index is 5.10. The molecule has 0 aliphatic carbocycles. The lowest BCUT2D eigenvalue weighted by molar-refractivity contribution is 0.179. The van der Waals surface area contributed by atoms with E-state index in [9.17, 15) is 0 Å². The third-order valence-corrected chi connectivity index (χ3v) is 3.35. The average Bonchev–Trinajstić information content (AvgIpc) is 2.64. The van der Waals surface area contributed by atoms with Crippen LogP contribution in [0.2, 0.25) is 0 Å². The SMILES string of the molecule is CN=C(NCCc1c(C)nn(C)c1C)NC(C)COC. The van der Waals surface area contributed by atoms with Crippen LogP contribution in [0.25, 0.3) is 0 Å². The van der Waals surface area contributed by atoms with Gasteiger partial charge in [-0.05, 0) is 32.8 Å². The van der Waals surface area contributed by atoms with Gasteiger partial charge in [0, 0.05) is 39.5 Å². The minimum Gasteiger partial charge on any atom is -0.383 e. The Hall–Kier alpha value is -1.56. The first-order chi connectivity index (χ1) is 9.49. The van der Waals surface area contributed by atoms with E-state index in [4.69, 9.17) is 4.74 Å². The highest BCUT2D eigenvalue weighted by molar-refractivity contribution is 5.79. The Kier molecular flexibility index (Phi) is 6.51. The first-order valence-electron chi connectivity index (χ1n) is 6.94. The van der Waals surface area contributed by atoms with E-state index in [2.05, 4.69) is 41.5 Å². The fourth-order valence-corrected chi connectivity index (χ4v) is 2.20. The summed E-state index contributed by atoms with van der Waals surface area (Å²) in [6, 6.07) is 0.230. The Morgan fingerprint density at radius 3 is 2.65 bits per heavy atom. The van der Waals surface area contributed by atoms with Crippen molar-refractivity contribution in [3.05, 3.63) is 17.0 Å². The molecule has 0 saturated heterocycles. The van der Waals surface area contributed by atoms with E-state index in [1.54, 1.807) is 14.2 Å². The summed E-state index contributed by atoms with van der Waals surface area (Å²) in [5.74, 6) is 0.800. The number of hydrogen-bond donors (Lipinski definition) is 2. The Morgan fingerprint density at radius 1 is 1.45 bits per heavy atom. The van der Waals surface area contributed by atoms with Crippen LogP contribution in [0.15, 0.2) is 4.99 Å². The van der Waals surface area contributed by atoms with Gasteiger partial charge in [0.2, 0.25) is 0 Å². The summed E-state index contributed by atoms with van der Waals surface area (Å²) >= 11 is 0. The van der Waals surface area contributed by atoms with Crippen molar-refractivity contribution in [2.45, 2.75) is 33.2 Å². The first kappa shape index (κ1) is 16.5. The summed E-state index contributed by atoms with van der Waals surface area (Å²) in [5, 5.41) is 11.0. The van der Waals surface area contributed by atoms with Gasteiger partial charge in [-0.2, -0.15) is 5.10 Å². The van der Waals surface area contributed by atoms with E-state index in [0.717, 1.165) is 24.6 Å². The number of hydrogen-bond acceptors (Lipinski definition) is 3. The molecule has 0 aromatic carbocycles. The summed E-state index contributed by atoms with van der Waals surface area (Å²) in [4.78, 5) is 4.21. The Balaban J connectivity index is 2.46. The predicted molar refractivity (Wildman–Crippen MR) is 82.2 cm³/mol. The maximum Gasteiger partial charge on any atom is 0.191 e. The molecule has 1 unspecified atom stereocenters. The molecule has 1 heterocycles. The van der Waals surface area contributed by atoms with Gasteiger partial charge >= 0.3 is 0 Å². The second kappa shape index (κ2) is 7.89. The number of methoxy groups -OCH3 is 1. The molecule has 0 aliphatic rings. The number of nitrogens with one attached hydrogen (secondary N) is 2. The summed E-state index contributed by atoms with van der Waals surface area (Å²) in [5.41, 5.74) is 3.63. The highest BCUT2D eigenvalue weighted by Gasteiger charge is 2.09. The quantitative estimate of drug-likeness (QED) is 0.597. The zero-order chi connectivity index (χ0) is 15.1. The monoisotopic (exact) mass is 281 g/mol. The largest absolute Gasteiger partial charge is 0.383 e. The van der Waals surface area contributed by atoms with Crippen LogP contribution in [0, 0.1) is 13.8 Å². The number of aromatic nitrogens is 2. The van der Waals surface area contributed by atoms with Crippen LogP contribution in [0.3, 0.4) is 0 Å². The molecule has 1 atom stereocenters. The van der Waals surface area contributed by atoms with E-state index < -0.39 is 0 Å². The van der Waals surface area contributed by atoms with Crippen molar-refractivity contribution < 1.29 is 4.74 Å². The molecule has 0 amide bonds. The molecule has 1 rings (SSSR count). The van der Waals surface area contributed by atoms with E-state index in [0.29, 0.717) is 6.61 Å². The van der Waals surface area contributed by atoms with Crippen LogP contribution < -0.4 is 10.6 Å². The second-order valence-corrected chi connectivity index (χ2v) is 5.02. The molecule has 0 bridgehead atoms. The van der Waals surface area contributed by atoms with Crippen molar-refractivity contribution in [3.63, 3.8) is 0 Å². The van der Waals surface area contributed by atoms with Crippen LogP contribution in [-0.4, -0.2) is 49.1 Å². The molecule has 1 aromatic rings. The first-order valence-corrected chi connectivity index (χ1v) is 6.94. The molecule has 1 aromatic heterocycles. The van der Waals surface area contributed by atoms with Gasteiger partial charge in [0.1, 0.15) is 0 Å². The average molecular weight is 281 g/mol. The molecule has 0 saturated carbocycles. The molecule has 6 heteroatoms. The van der Waals surface area contributed by atoms with Crippen molar-refractivity contribution in [2.24, 2.45) is 12.0 Å². The predicted octanol–water partition coefficient (Wildman–Crippen LogP) is 0.779. The summed E-state index contributed by atoms with van der Waals surface area (Å²) in [6.07, 6.45) is 0.935. The third kappa shape index (κ3) is 4.52. The molecular formula is C14H27N5O. The van der Waals surface area contributed by atoms with Gasteiger partial charge in [-0.25, -0.2) is 0 Å². The van der Waals surface area contributed by atoms with Gasteiger partial charge in [-0.15, -0.1) is 0 Å². The van der Waals surface area contributed by atoms with Crippen molar-refractivity contribution in [3.8, 4) is 0 Å². The van der Waals surface area contributed by atoms with Gasteiger partial charge < -0.3 is 15.4 Å². The molecular weight excluding hydrogens is 254 g/mol. The summed E-state index contributed by atoms with van der Waals surface area (Å²) in [6.45, 7) is 7.69. The molecule has 0 fully saturated rings. The normalized spacial score (nSPS) is 13.4. The molecule has 6 nitrogen and oxygen atoms in total. The van der Waals surface area contributed by atoms with Gasteiger partial charge in [0.05, 0.1) is 12.3 Å². The molecule has 114 valence electrons. The minimum atomic E-state index is 0.230. The van der Waals surface area contributed by atoms with E-state index in [1.807, 2.05) is 11.7 Å². The van der Waals surface area contributed by atoms with Crippen LogP contribution >= 0.6 is 0 Å². The number of guanidine groups is 1. The van der Waals surface area contributed by atoms with E-state index in [1.165, 1.54) is 11.3 Å². The molecule has 0 radical (unpaired) electrons. The highest BCUT2D eigenvalue weighted by atomic mass is 16.5. The van der Waals surface area contributed by atoms with Crippen molar-refractivity contribution in [1.29, 1.82) is 0 Å². The number of rotatable bonds is 6. The van der Waals surface area contributed by atoms with Crippen LogP contribution in [0.5, 0.6) is 0 Å². The smallest absolute Gasteiger partial charge is 0.191 e. The van der Waals surface area contributed by atoms with Crippen LogP contribution in [0.4, 0.5) is 0 Å². The van der Waals surface area contributed by atoms with Gasteiger partial charge in [0.25, 0.3) is 0 Å². The van der Waals surface area contributed by atoms with Gasteiger partial charge in [-0.3, -0.25) is 9.67 Å². The molecule has 20 heavy (non-hydrogen) atoms. The van der Waals surface area contributed by atoms with Gasteiger partial charge in [-0.1, -0.05) is 0 Å². The number of aryl methyl sites for hydroxylation is 2. The standard InChI is InChI=1S/C14H27N5O/c1-10(9-20-6)17-14(15-4)16-8-7-13-11(2)18-19(5)12(13)3/h10H,7-9H2,1-6H3,(H2,15,16,17). The van der Waals surface area contributed by atoms with E-state index in [-0.39, 0.29) is 6.04 Å². The van der Waals surface area contributed by atoms with Gasteiger partial charge in [0.15, 0.2) is 5.96 Å². The lowest BCUT2D eigenvalue weighted by atomic mass is 10.1. The number of ether oxygens (including phenoxy) is 1. The lowest BCUT2D eigenvalue weighted by Gasteiger charge is -2.17.